The molecule has 3 aromatic rings. The summed E-state index contributed by atoms with van der Waals surface area (Å²) in [6.07, 6.45) is 1.76. The topological polar surface area (TPSA) is 73.8 Å². The van der Waals surface area contributed by atoms with Crippen LogP contribution in [0.25, 0.3) is 11.8 Å². The summed E-state index contributed by atoms with van der Waals surface area (Å²) < 4.78 is 2.17. The van der Waals surface area contributed by atoms with Gasteiger partial charge in [0.1, 0.15) is 5.04 Å². The van der Waals surface area contributed by atoms with Crippen molar-refractivity contribution < 1.29 is 4.79 Å². The second kappa shape index (κ2) is 8.01. The molecule has 0 unspecified atom stereocenters. The zero-order valence-corrected chi connectivity index (χ0v) is 19.7. The largest absolute Gasteiger partial charge is 0.318 e. The van der Waals surface area contributed by atoms with Crippen LogP contribution in [0.2, 0.25) is 0 Å². The quantitative estimate of drug-likeness (QED) is 0.541. The Morgan fingerprint density at radius 3 is 2.45 bits per heavy atom. The molecule has 1 N–H and O–H groups in total. The highest BCUT2D eigenvalue weighted by Gasteiger charge is 2.36. The molecule has 0 spiro atoms. The van der Waals surface area contributed by atoms with Crippen molar-refractivity contribution in [1.29, 1.82) is 5.41 Å². The summed E-state index contributed by atoms with van der Waals surface area (Å²) in [6.45, 7) is 8.27. The predicted molar refractivity (Wildman–Crippen MR) is 135 cm³/mol. The van der Waals surface area contributed by atoms with Crippen molar-refractivity contribution in [2.45, 2.75) is 27.7 Å². The first kappa shape index (κ1) is 21.2. The van der Waals surface area contributed by atoms with E-state index in [1.54, 1.807) is 6.08 Å². The van der Waals surface area contributed by atoms with Crippen LogP contribution in [0.3, 0.4) is 0 Å². The van der Waals surface area contributed by atoms with Gasteiger partial charge in [-0.1, -0.05) is 36.4 Å². The maximum Gasteiger partial charge on any atom is 0.283 e. The lowest BCUT2D eigenvalue weighted by molar-refractivity contribution is -0.114. The average Bonchev–Trinajstić information content (AvgIpc) is 3.34. The summed E-state index contributed by atoms with van der Waals surface area (Å²) in [7, 11) is 0. The summed E-state index contributed by atoms with van der Waals surface area (Å²) in [4.78, 5) is 17.1. The van der Waals surface area contributed by atoms with Crippen LogP contribution in [0.1, 0.15) is 33.6 Å². The van der Waals surface area contributed by atoms with Crippen molar-refractivity contribution in [2.24, 2.45) is 10.1 Å². The Morgan fingerprint density at radius 2 is 1.73 bits per heavy atom. The molecule has 164 valence electrons. The van der Waals surface area contributed by atoms with Gasteiger partial charge in [0.25, 0.3) is 5.91 Å². The summed E-state index contributed by atoms with van der Waals surface area (Å²) in [6, 6.07) is 18.1. The van der Waals surface area contributed by atoms with E-state index in [0.717, 1.165) is 33.2 Å². The van der Waals surface area contributed by atoms with Crippen LogP contribution in [-0.2, 0) is 4.79 Å². The molecule has 2 aliphatic heterocycles. The molecular weight excluding hydrogens is 430 g/mol. The number of amides is 1. The van der Waals surface area contributed by atoms with E-state index in [1.807, 2.05) is 50.2 Å². The van der Waals surface area contributed by atoms with E-state index in [4.69, 9.17) is 5.41 Å². The molecule has 2 aliphatic rings. The highest BCUT2D eigenvalue weighted by Crippen LogP contribution is 2.32. The number of hydrogen-bond donors (Lipinski definition) is 1. The van der Waals surface area contributed by atoms with Crippen molar-refractivity contribution in [2.75, 3.05) is 0 Å². The van der Waals surface area contributed by atoms with Crippen LogP contribution in [-0.4, -0.2) is 31.5 Å². The second-order valence-electron chi connectivity index (χ2n) is 8.22. The van der Waals surface area contributed by atoms with Crippen LogP contribution < -0.4 is 0 Å². The molecule has 1 aromatic heterocycles. The average molecular weight is 454 g/mol. The first-order valence-corrected chi connectivity index (χ1v) is 11.5. The van der Waals surface area contributed by atoms with Gasteiger partial charge in [-0.2, -0.15) is 15.1 Å². The lowest BCUT2D eigenvalue weighted by Gasteiger charge is -2.20. The van der Waals surface area contributed by atoms with Crippen LogP contribution >= 0.6 is 11.8 Å². The molecule has 0 radical (unpaired) electrons. The fourth-order valence-electron chi connectivity index (χ4n) is 4.04. The summed E-state index contributed by atoms with van der Waals surface area (Å²) >= 11 is 1.31. The lowest BCUT2D eigenvalue weighted by atomic mass is 10.1. The van der Waals surface area contributed by atoms with E-state index >= 15 is 0 Å². The zero-order valence-electron chi connectivity index (χ0n) is 18.9. The number of rotatable bonds is 3. The van der Waals surface area contributed by atoms with Gasteiger partial charge >= 0.3 is 0 Å². The fourth-order valence-corrected chi connectivity index (χ4v) is 4.94. The van der Waals surface area contributed by atoms with E-state index in [9.17, 15) is 4.79 Å². The van der Waals surface area contributed by atoms with E-state index in [1.165, 1.54) is 27.9 Å². The third-order valence-corrected chi connectivity index (χ3v) is 6.95. The van der Waals surface area contributed by atoms with Crippen molar-refractivity contribution in [3.63, 3.8) is 0 Å². The third-order valence-electron chi connectivity index (χ3n) is 5.99. The summed E-state index contributed by atoms with van der Waals surface area (Å²) in [5, 5.41) is 15.8. The normalized spacial score (nSPS) is 16.8. The third kappa shape index (κ3) is 3.64. The Hall–Kier alpha value is -3.71. The van der Waals surface area contributed by atoms with Crippen LogP contribution in [0, 0.1) is 33.1 Å². The molecule has 33 heavy (non-hydrogen) atoms. The smallest absolute Gasteiger partial charge is 0.283 e. The van der Waals surface area contributed by atoms with E-state index < -0.39 is 5.91 Å². The monoisotopic (exact) mass is 453 g/mol. The van der Waals surface area contributed by atoms with Gasteiger partial charge in [0.15, 0.2) is 5.84 Å². The minimum absolute atomic E-state index is 0.0411. The SMILES string of the molecule is Cc1ccc(-n2c(C)cc(C=C3C(=N)N4N=C(c5ccccc5)SC4=NC3=O)c2C)cc1C. The molecule has 6 nitrogen and oxygen atoms in total. The molecule has 3 heterocycles. The van der Waals surface area contributed by atoms with Gasteiger partial charge in [0.2, 0.25) is 5.17 Å². The van der Waals surface area contributed by atoms with Crippen molar-refractivity contribution in [1.82, 2.24) is 9.58 Å². The maximum absolute atomic E-state index is 12.9. The number of hydrazone groups is 1. The lowest BCUT2D eigenvalue weighted by Crippen LogP contribution is -2.35. The molecule has 0 saturated carbocycles. The van der Waals surface area contributed by atoms with Crippen molar-refractivity contribution >= 4 is 39.8 Å². The summed E-state index contributed by atoms with van der Waals surface area (Å²) in [5.41, 5.74) is 7.67. The minimum atomic E-state index is -0.417. The molecule has 7 heteroatoms. The van der Waals surface area contributed by atoms with Gasteiger partial charge in [-0.25, -0.2) is 0 Å². The molecule has 5 rings (SSSR count). The number of fused-ring (bicyclic) bond motifs is 1. The van der Waals surface area contributed by atoms with E-state index in [-0.39, 0.29) is 11.4 Å². The number of carbonyl (C=O) groups is 1. The Morgan fingerprint density at radius 1 is 0.970 bits per heavy atom. The van der Waals surface area contributed by atoms with E-state index in [2.05, 4.69) is 46.7 Å². The molecule has 1 amide bonds. The number of carbonyl (C=O) groups excluding carboxylic acids is 1. The fraction of sp³-hybridized carbons (Fsp3) is 0.154. The Kier molecular flexibility index (Phi) is 5.13. The second-order valence-corrected chi connectivity index (χ2v) is 9.18. The molecule has 0 aliphatic carbocycles. The molecule has 0 atom stereocenters. The molecule has 0 fully saturated rings. The predicted octanol–water partition coefficient (Wildman–Crippen LogP) is 5.38. The first-order valence-electron chi connectivity index (χ1n) is 10.7. The molecule has 2 aromatic carbocycles. The molecule has 0 saturated heterocycles. The number of nitrogens with zero attached hydrogens (tertiary/aromatic N) is 4. The van der Waals surface area contributed by atoms with Crippen LogP contribution in [0.4, 0.5) is 0 Å². The van der Waals surface area contributed by atoms with Crippen molar-refractivity contribution in [3.05, 3.63) is 93.8 Å². The maximum atomic E-state index is 12.9. The number of thioether (sulfide) groups is 1. The molecular formula is C26H23N5OS. The van der Waals surface area contributed by atoms with Gasteiger partial charge in [-0.15, -0.1) is 0 Å². The first-order chi connectivity index (χ1) is 15.8. The van der Waals surface area contributed by atoms with Crippen LogP contribution in [0.5, 0.6) is 0 Å². The zero-order chi connectivity index (χ0) is 23.3. The molecule has 0 bridgehead atoms. The number of amidine groups is 2. The number of hydrogen-bond acceptors (Lipinski definition) is 4. The Balaban J connectivity index is 1.52. The highest BCUT2D eigenvalue weighted by atomic mass is 32.2. The minimum Gasteiger partial charge on any atom is -0.318 e. The number of benzene rings is 2. The number of aryl methyl sites for hydroxylation is 3. The van der Waals surface area contributed by atoms with Gasteiger partial charge in [0.05, 0.1) is 5.57 Å². The number of aromatic nitrogens is 1. The van der Waals surface area contributed by atoms with Gasteiger partial charge < -0.3 is 4.57 Å². The Labute approximate surface area is 196 Å². The van der Waals surface area contributed by atoms with Gasteiger partial charge in [-0.3, -0.25) is 10.2 Å². The van der Waals surface area contributed by atoms with Crippen molar-refractivity contribution in [3.8, 4) is 5.69 Å². The highest BCUT2D eigenvalue weighted by molar-refractivity contribution is 8.27. The van der Waals surface area contributed by atoms with Gasteiger partial charge in [0, 0.05) is 22.6 Å². The van der Waals surface area contributed by atoms with Crippen LogP contribution in [0.15, 0.2) is 70.3 Å². The summed E-state index contributed by atoms with van der Waals surface area (Å²) in [5.74, 6) is -0.376. The van der Waals surface area contributed by atoms with E-state index in [0.29, 0.717) is 5.17 Å². The van der Waals surface area contributed by atoms with Gasteiger partial charge in [-0.05, 0) is 80.4 Å². The number of aliphatic imine (C=N–C) groups is 1. The number of nitrogens with one attached hydrogen (secondary N) is 1. The Bertz CT molecular complexity index is 1410. The standard InChI is InChI=1S/C26H23N5OS/c1-15-10-11-21(12-16(15)2)30-17(3)13-20(18(30)4)14-22-23(27)31-26(28-24(22)32)33-25(29-31)19-8-6-5-7-9-19/h5-14,27H,1-4H3.